The van der Waals surface area contributed by atoms with Gasteiger partial charge in [-0.25, -0.2) is 0 Å². The molecular weight excluding hydrogens is 237 g/mol. The lowest BCUT2D eigenvalue weighted by atomic mass is 10.1. The molecule has 0 aliphatic heterocycles. The quantitative estimate of drug-likeness (QED) is 0.796. The lowest BCUT2D eigenvalue weighted by molar-refractivity contribution is 0.914. The van der Waals surface area contributed by atoms with Crippen molar-refractivity contribution in [3.63, 3.8) is 0 Å². The SMILES string of the molecule is C=C[C@H](N)c1ccc(Br)c(Cl)c1. The number of nitrogens with two attached hydrogens (primary N) is 1. The van der Waals surface area contributed by atoms with Crippen LogP contribution in [0.4, 0.5) is 0 Å². The number of hydrogen-bond donors (Lipinski definition) is 1. The average molecular weight is 247 g/mol. The maximum absolute atomic E-state index is 5.88. The third-order valence-electron chi connectivity index (χ3n) is 1.58. The third-order valence-corrected chi connectivity index (χ3v) is 2.81. The molecule has 0 aliphatic rings. The summed E-state index contributed by atoms with van der Waals surface area (Å²) in [6.45, 7) is 3.61. The van der Waals surface area contributed by atoms with Gasteiger partial charge in [0.25, 0.3) is 0 Å². The Kier molecular flexibility index (Phi) is 3.32. The molecule has 1 rings (SSSR count). The van der Waals surface area contributed by atoms with Gasteiger partial charge in [0, 0.05) is 10.5 Å². The fraction of sp³-hybridized carbons (Fsp3) is 0.111. The fourth-order valence-electron chi connectivity index (χ4n) is 0.856. The predicted molar refractivity (Wildman–Crippen MR) is 56.3 cm³/mol. The van der Waals surface area contributed by atoms with Gasteiger partial charge in [-0.15, -0.1) is 6.58 Å². The first-order valence-corrected chi connectivity index (χ1v) is 4.65. The van der Waals surface area contributed by atoms with Crippen molar-refractivity contribution in [2.24, 2.45) is 5.73 Å². The molecule has 0 spiro atoms. The Morgan fingerprint density at radius 1 is 1.58 bits per heavy atom. The largest absolute Gasteiger partial charge is 0.321 e. The van der Waals surface area contributed by atoms with E-state index in [1.165, 1.54) is 0 Å². The van der Waals surface area contributed by atoms with Gasteiger partial charge in [-0.3, -0.25) is 0 Å². The molecular formula is C9H9BrClN. The molecule has 1 nitrogen and oxygen atoms in total. The molecule has 0 heterocycles. The first-order valence-electron chi connectivity index (χ1n) is 3.48. The van der Waals surface area contributed by atoms with Gasteiger partial charge >= 0.3 is 0 Å². The Bertz CT molecular complexity index is 299. The zero-order chi connectivity index (χ0) is 9.14. The monoisotopic (exact) mass is 245 g/mol. The van der Waals surface area contributed by atoms with Gasteiger partial charge in [0.15, 0.2) is 0 Å². The minimum Gasteiger partial charge on any atom is -0.321 e. The molecule has 0 saturated heterocycles. The van der Waals surface area contributed by atoms with Gasteiger partial charge in [0.1, 0.15) is 0 Å². The van der Waals surface area contributed by atoms with Crippen LogP contribution < -0.4 is 5.73 Å². The highest BCUT2D eigenvalue weighted by molar-refractivity contribution is 9.10. The van der Waals surface area contributed by atoms with Crippen LogP contribution >= 0.6 is 27.5 Å². The van der Waals surface area contributed by atoms with Crippen LogP contribution in [0.5, 0.6) is 0 Å². The molecule has 0 amide bonds. The maximum Gasteiger partial charge on any atom is 0.0551 e. The van der Waals surface area contributed by atoms with Crippen LogP contribution in [-0.2, 0) is 0 Å². The number of halogens is 2. The van der Waals surface area contributed by atoms with Crippen molar-refractivity contribution >= 4 is 27.5 Å². The van der Waals surface area contributed by atoms with E-state index in [1.54, 1.807) is 6.08 Å². The van der Waals surface area contributed by atoms with Crippen molar-refractivity contribution in [2.75, 3.05) is 0 Å². The van der Waals surface area contributed by atoms with Gasteiger partial charge in [0.05, 0.1) is 5.02 Å². The fourth-order valence-corrected chi connectivity index (χ4v) is 1.29. The molecule has 2 N–H and O–H groups in total. The zero-order valence-electron chi connectivity index (χ0n) is 6.43. The number of benzene rings is 1. The smallest absolute Gasteiger partial charge is 0.0551 e. The summed E-state index contributed by atoms with van der Waals surface area (Å²) in [5, 5.41) is 0.671. The van der Waals surface area contributed by atoms with Crippen LogP contribution in [0.2, 0.25) is 5.02 Å². The van der Waals surface area contributed by atoms with Crippen LogP contribution in [-0.4, -0.2) is 0 Å². The molecule has 3 heteroatoms. The van der Waals surface area contributed by atoms with Gasteiger partial charge in [-0.05, 0) is 33.6 Å². The molecule has 0 aromatic heterocycles. The normalized spacial score (nSPS) is 12.6. The van der Waals surface area contributed by atoms with Crippen molar-refractivity contribution < 1.29 is 0 Å². The van der Waals surface area contributed by atoms with Crippen molar-refractivity contribution in [1.82, 2.24) is 0 Å². The highest BCUT2D eigenvalue weighted by Crippen LogP contribution is 2.25. The van der Waals surface area contributed by atoms with Gasteiger partial charge in [-0.2, -0.15) is 0 Å². The van der Waals surface area contributed by atoms with Crippen LogP contribution in [0.25, 0.3) is 0 Å². The highest BCUT2D eigenvalue weighted by Gasteiger charge is 2.03. The van der Waals surface area contributed by atoms with Crippen molar-refractivity contribution in [3.05, 3.63) is 45.9 Å². The van der Waals surface area contributed by atoms with E-state index >= 15 is 0 Å². The highest BCUT2D eigenvalue weighted by atomic mass is 79.9. The van der Waals surface area contributed by atoms with Crippen molar-refractivity contribution in [1.29, 1.82) is 0 Å². The third kappa shape index (κ3) is 2.09. The summed E-state index contributed by atoms with van der Waals surface area (Å²) in [6.07, 6.45) is 1.68. The Hall–Kier alpha value is -0.310. The van der Waals surface area contributed by atoms with E-state index < -0.39 is 0 Å². The lowest BCUT2D eigenvalue weighted by Crippen LogP contribution is -2.05. The van der Waals surface area contributed by atoms with E-state index in [2.05, 4.69) is 22.5 Å². The Labute approximate surface area is 85.3 Å². The molecule has 1 aromatic carbocycles. The van der Waals surface area contributed by atoms with E-state index in [-0.39, 0.29) is 6.04 Å². The van der Waals surface area contributed by atoms with E-state index in [9.17, 15) is 0 Å². The molecule has 64 valence electrons. The molecule has 0 fully saturated rings. The number of hydrogen-bond acceptors (Lipinski definition) is 1. The molecule has 1 aromatic rings. The molecule has 0 aliphatic carbocycles. The Balaban J connectivity index is 3.04. The van der Waals surface area contributed by atoms with Crippen LogP contribution in [0.15, 0.2) is 35.3 Å². The van der Waals surface area contributed by atoms with E-state index in [0.717, 1.165) is 10.0 Å². The number of rotatable bonds is 2. The van der Waals surface area contributed by atoms with Crippen molar-refractivity contribution in [2.45, 2.75) is 6.04 Å². The van der Waals surface area contributed by atoms with Crippen LogP contribution in [0.1, 0.15) is 11.6 Å². The second-order valence-corrected chi connectivity index (χ2v) is 3.70. The summed E-state index contributed by atoms with van der Waals surface area (Å²) in [5.41, 5.74) is 6.69. The van der Waals surface area contributed by atoms with Crippen LogP contribution in [0, 0.1) is 0 Å². The molecule has 1 atom stereocenters. The second-order valence-electron chi connectivity index (χ2n) is 2.44. The summed E-state index contributed by atoms with van der Waals surface area (Å²) in [4.78, 5) is 0. The van der Waals surface area contributed by atoms with E-state index in [0.29, 0.717) is 5.02 Å². The van der Waals surface area contributed by atoms with Gasteiger partial charge in [-0.1, -0.05) is 23.7 Å². The minimum absolute atomic E-state index is 0.143. The van der Waals surface area contributed by atoms with E-state index in [4.69, 9.17) is 17.3 Å². The molecule has 0 radical (unpaired) electrons. The zero-order valence-corrected chi connectivity index (χ0v) is 8.77. The molecule has 12 heavy (non-hydrogen) atoms. The predicted octanol–water partition coefficient (Wildman–Crippen LogP) is 3.29. The molecule has 0 unspecified atom stereocenters. The summed E-state index contributed by atoms with van der Waals surface area (Å²) in [7, 11) is 0. The Morgan fingerprint density at radius 3 is 2.75 bits per heavy atom. The summed E-state index contributed by atoms with van der Waals surface area (Å²) in [6, 6.07) is 5.48. The lowest BCUT2D eigenvalue weighted by Gasteiger charge is -2.06. The second kappa shape index (κ2) is 4.08. The van der Waals surface area contributed by atoms with Gasteiger partial charge < -0.3 is 5.73 Å². The molecule has 0 saturated carbocycles. The standard InChI is InChI=1S/C9H9BrClN/c1-2-9(12)6-3-4-7(10)8(11)5-6/h2-5,9H,1,12H2/t9-/m0/s1. The minimum atomic E-state index is -0.143. The van der Waals surface area contributed by atoms with E-state index in [1.807, 2.05) is 18.2 Å². The van der Waals surface area contributed by atoms with Gasteiger partial charge in [0.2, 0.25) is 0 Å². The first kappa shape index (κ1) is 9.78. The Morgan fingerprint density at radius 2 is 2.25 bits per heavy atom. The summed E-state index contributed by atoms with van der Waals surface area (Å²) >= 11 is 9.18. The summed E-state index contributed by atoms with van der Waals surface area (Å²) < 4.78 is 0.879. The maximum atomic E-state index is 5.88. The first-order chi connectivity index (χ1) is 5.65. The van der Waals surface area contributed by atoms with Crippen molar-refractivity contribution in [3.8, 4) is 0 Å². The van der Waals surface area contributed by atoms with Crippen LogP contribution in [0.3, 0.4) is 0 Å². The topological polar surface area (TPSA) is 26.0 Å². The average Bonchev–Trinajstić information content (AvgIpc) is 2.08. The molecule has 0 bridgehead atoms. The summed E-state index contributed by atoms with van der Waals surface area (Å²) in [5.74, 6) is 0.